The number of carbonyl (C=O) groups is 1. The van der Waals surface area contributed by atoms with Crippen molar-refractivity contribution in [1.29, 1.82) is 0 Å². The summed E-state index contributed by atoms with van der Waals surface area (Å²) >= 11 is 3.44. The first kappa shape index (κ1) is 20.2. The number of hydrogen-bond donors (Lipinski definition) is 1. The molecule has 1 heterocycles. The number of likely N-dealkylation sites (tertiary alicyclic amines) is 1. The van der Waals surface area contributed by atoms with Crippen molar-refractivity contribution in [2.24, 2.45) is 11.0 Å². The topological polar surface area (TPSA) is 87.8 Å². The van der Waals surface area contributed by atoms with E-state index in [1.54, 1.807) is 12.1 Å². The van der Waals surface area contributed by atoms with Crippen LogP contribution >= 0.6 is 15.9 Å². The summed E-state index contributed by atoms with van der Waals surface area (Å²) in [7, 11) is 0. The number of hydrogen-bond acceptors (Lipinski definition) is 5. The Kier molecular flexibility index (Phi) is 6.89. The van der Waals surface area contributed by atoms with Gasteiger partial charge in [-0.2, -0.15) is 5.10 Å². The maximum absolute atomic E-state index is 12.3. The van der Waals surface area contributed by atoms with Gasteiger partial charge in [0.05, 0.1) is 11.1 Å². The highest BCUT2D eigenvalue weighted by atomic mass is 79.9. The van der Waals surface area contributed by atoms with E-state index >= 15 is 0 Å². The fraction of sp³-hybridized carbons (Fsp3) is 0.300. The average molecular weight is 445 g/mol. The minimum atomic E-state index is -0.460. The van der Waals surface area contributed by atoms with E-state index in [-0.39, 0.29) is 17.5 Å². The smallest absolute Gasteiger partial charge is 0.270 e. The lowest BCUT2D eigenvalue weighted by Gasteiger charge is -2.30. The first-order valence-electron chi connectivity index (χ1n) is 9.05. The van der Waals surface area contributed by atoms with Crippen molar-refractivity contribution < 1.29 is 9.72 Å². The molecule has 0 aromatic heterocycles. The molecule has 0 aliphatic carbocycles. The summed E-state index contributed by atoms with van der Waals surface area (Å²) in [5.41, 5.74) is 4.38. The highest BCUT2D eigenvalue weighted by Crippen LogP contribution is 2.20. The molecule has 0 saturated carbocycles. The summed E-state index contributed by atoms with van der Waals surface area (Å²) in [6, 6.07) is 14.4. The second-order valence-corrected chi connectivity index (χ2v) is 7.68. The molecule has 7 nitrogen and oxygen atoms in total. The molecule has 8 heteroatoms. The molecule has 1 fully saturated rings. The molecule has 1 amide bonds. The molecule has 1 saturated heterocycles. The van der Waals surface area contributed by atoms with Gasteiger partial charge in [-0.3, -0.25) is 19.8 Å². The number of piperidine rings is 1. The van der Waals surface area contributed by atoms with Crippen LogP contribution in [-0.2, 0) is 11.3 Å². The average Bonchev–Trinajstić information content (AvgIpc) is 2.70. The van der Waals surface area contributed by atoms with E-state index in [0.29, 0.717) is 5.56 Å². The van der Waals surface area contributed by atoms with Crippen molar-refractivity contribution in [3.63, 3.8) is 0 Å². The Hall–Kier alpha value is -2.58. The van der Waals surface area contributed by atoms with E-state index in [4.69, 9.17) is 0 Å². The standard InChI is InChI=1S/C20H21BrN4O3/c21-18-6-4-15(5-7-18)14-24-10-8-17(9-11-24)20(26)23-22-13-16-2-1-3-19(12-16)25(27)28/h1-7,12-13,17H,8-11,14H2,(H,23,26). The van der Waals surface area contributed by atoms with Crippen LogP contribution in [0.5, 0.6) is 0 Å². The summed E-state index contributed by atoms with van der Waals surface area (Å²) in [5.74, 6) is -0.173. The third-order valence-electron chi connectivity index (χ3n) is 4.75. The Morgan fingerprint density at radius 2 is 1.96 bits per heavy atom. The molecular formula is C20H21BrN4O3. The lowest BCUT2D eigenvalue weighted by molar-refractivity contribution is -0.384. The number of rotatable bonds is 6. The molecule has 0 atom stereocenters. The summed E-state index contributed by atoms with van der Waals surface area (Å²) in [6.07, 6.45) is 3.00. The van der Waals surface area contributed by atoms with Gasteiger partial charge in [-0.1, -0.05) is 40.2 Å². The maximum Gasteiger partial charge on any atom is 0.270 e. The number of nitrogens with one attached hydrogen (secondary N) is 1. The Morgan fingerprint density at radius 1 is 1.25 bits per heavy atom. The van der Waals surface area contributed by atoms with Crippen molar-refractivity contribution in [1.82, 2.24) is 10.3 Å². The quantitative estimate of drug-likeness (QED) is 0.417. The largest absolute Gasteiger partial charge is 0.299 e. The zero-order valence-corrected chi connectivity index (χ0v) is 16.8. The van der Waals surface area contributed by atoms with Gasteiger partial charge in [0.25, 0.3) is 5.69 Å². The first-order valence-corrected chi connectivity index (χ1v) is 9.85. The Morgan fingerprint density at radius 3 is 2.64 bits per heavy atom. The number of carbonyl (C=O) groups excluding carboxylic acids is 1. The van der Waals surface area contributed by atoms with Gasteiger partial charge < -0.3 is 0 Å². The molecule has 2 aromatic carbocycles. The molecular weight excluding hydrogens is 424 g/mol. The molecule has 0 spiro atoms. The number of nitro groups is 1. The van der Waals surface area contributed by atoms with E-state index < -0.39 is 4.92 Å². The van der Waals surface area contributed by atoms with Crippen LogP contribution in [0.1, 0.15) is 24.0 Å². The molecule has 2 aromatic rings. The Labute approximate surface area is 171 Å². The Balaban J connectivity index is 1.45. The number of nitro benzene ring substituents is 1. The SMILES string of the molecule is O=C(NN=Cc1cccc([N+](=O)[O-])c1)C1CCN(Cc2ccc(Br)cc2)CC1. The number of nitrogens with zero attached hydrogens (tertiary/aromatic N) is 3. The molecule has 3 rings (SSSR count). The van der Waals surface area contributed by atoms with Crippen LogP contribution in [0.2, 0.25) is 0 Å². The van der Waals surface area contributed by atoms with Crippen molar-refractivity contribution in [2.75, 3.05) is 13.1 Å². The third-order valence-corrected chi connectivity index (χ3v) is 5.28. The molecule has 0 unspecified atom stereocenters. The van der Waals surface area contributed by atoms with Gasteiger partial charge in [0, 0.05) is 34.6 Å². The number of benzene rings is 2. The summed E-state index contributed by atoms with van der Waals surface area (Å²) in [5, 5.41) is 14.7. The normalized spacial score (nSPS) is 15.6. The first-order chi connectivity index (χ1) is 13.5. The van der Waals surface area contributed by atoms with Crippen LogP contribution in [0.3, 0.4) is 0 Å². The number of amides is 1. The van der Waals surface area contributed by atoms with Crippen LogP contribution in [0.25, 0.3) is 0 Å². The fourth-order valence-corrected chi connectivity index (χ4v) is 3.45. The van der Waals surface area contributed by atoms with Crippen molar-refractivity contribution in [3.05, 3.63) is 74.2 Å². The maximum atomic E-state index is 12.3. The van der Waals surface area contributed by atoms with Crippen molar-refractivity contribution >= 4 is 33.7 Å². The van der Waals surface area contributed by atoms with Crippen LogP contribution in [0.4, 0.5) is 5.69 Å². The number of hydrazone groups is 1. The zero-order valence-electron chi connectivity index (χ0n) is 15.3. The minimum absolute atomic E-state index is 0.00609. The van der Waals surface area contributed by atoms with Gasteiger partial charge in [0.15, 0.2) is 0 Å². The van der Waals surface area contributed by atoms with Crippen molar-refractivity contribution in [3.8, 4) is 0 Å². The lowest BCUT2D eigenvalue weighted by atomic mass is 9.96. The molecule has 146 valence electrons. The molecule has 0 radical (unpaired) electrons. The Bertz CT molecular complexity index is 862. The number of halogens is 1. The van der Waals surface area contributed by atoms with E-state index in [9.17, 15) is 14.9 Å². The van der Waals surface area contributed by atoms with E-state index in [1.807, 2.05) is 12.1 Å². The molecule has 1 N–H and O–H groups in total. The van der Waals surface area contributed by atoms with E-state index in [0.717, 1.165) is 36.9 Å². The fourth-order valence-electron chi connectivity index (χ4n) is 3.18. The van der Waals surface area contributed by atoms with Crippen LogP contribution in [0, 0.1) is 16.0 Å². The molecule has 1 aliphatic heterocycles. The van der Waals surface area contributed by atoms with Gasteiger partial charge in [-0.25, -0.2) is 5.43 Å². The van der Waals surface area contributed by atoms with Crippen LogP contribution < -0.4 is 5.43 Å². The van der Waals surface area contributed by atoms with E-state index in [2.05, 4.69) is 43.5 Å². The van der Waals surface area contributed by atoms with Crippen molar-refractivity contribution in [2.45, 2.75) is 19.4 Å². The van der Waals surface area contributed by atoms with Gasteiger partial charge in [0.2, 0.25) is 5.91 Å². The summed E-state index contributed by atoms with van der Waals surface area (Å²) in [6.45, 7) is 2.61. The minimum Gasteiger partial charge on any atom is -0.299 e. The highest BCUT2D eigenvalue weighted by molar-refractivity contribution is 9.10. The van der Waals surface area contributed by atoms with Gasteiger partial charge in [0.1, 0.15) is 0 Å². The zero-order chi connectivity index (χ0) is 19.9. The highest BCUT2D eigenvalue weighted by Gasteiger charge is 2.24. The van der Waals surface area contributed by atoms with Gasteiger partial charge in [-0.15, -0.1) is 0 Å². The predicted octanol–water partition coefficient (Wildman–Crippen LogP) is 3.72. The predicted molar refractivity (Wildman–Crippen MR) is 111 cm³/mol. The second-order valence-electron chi connectivity index (χ2n) is 6.76. The molecule has 28 heavy (non-hydrogen) atoms. The van der Waals surface area contributed by atoms with E-state index in [1.165, 1.54) is 23.9 Å². The van der Waals surface area contributed by atoms with Crippen LogP contribution in [0.15, 0.2) is 58.1 Å². The lowest BCUT2D eigenvalue weighted by Crippen LogP contribution is -2.39. The third kappa shape index (κ3) is 5.71. The molecule has 0 bridgehead atoms. The van der Waals surface area contributed by atoms with Gasteiger partial charge >= 0.3 is 0 Å². The number of non-ortho nitro benzene ring substituents is 1. The van der Waals surface area contributed by atoms with Gasteiger partial charge in [-0.05, 0) is 43.6 Å². The summed E-state index contributed by atoms with van der Waals surface area (Å²) < 4.78 is 1.07. The summed E-state index contributed by atoms with van der Waals surface area (Å²) in [4.78, 5) is 25.0. The molecule has 1 aliphatic rings. The van der Waals surface area contributed by atoms with Crippen LogP contribution in [-0.4, -0.2) is 35.0 Å². The second kappa shape index (κ2) is 9.57. The monoisotopic (exact) mass is 444 g/mol.